The number of carbonyl (C=O) groups is 2. The summed E-state index contributed by atoms with van der Waals surface area (Å²) < 4.78 is 6.09. The first-order valence-electron chi connectivity index (χ1n) is 15.5. The quantitative estimate of drug-likeness (QED) is 0.235. The van der Waals surface area contributed by atoms with Crippen LogP contribution < -0.4 is 10.5 Å². The largest absolute Gasteiger partial charge is 0.481 e. The predicted octanol–water partition coefficient (Wildman–Crippen LogP) is 6.93. The second-order valence-electron chi connectivity index (χ2n) is 12.0. The average molecular weight is 677 g/mol. The van der Waals surface area contributed by atoms with E-state index in [9.17, 15) is 19.8 Å². The topological polar surface area (TPSA) is 129 Å². The maximum absolute atomic E-state index is 13.6. The van der Waals surface area contributed by atoms with Crippen LogP contribution >= 0.6 is 27.0 Å². The number of aliphatic carboxylic acids is 1. The summed E-state index contributed by atoms with van der Waals surface area (Å²) >= 11 is 0. The molecule has 2 aromatic rings. The van der Waals surface area contributed by atoms with Gasteiger partial charge in [-0.2, -0.15) is 27.0 Å². The Labute approximate surface area is 289 Å². The molecule has 1 heterocycles. The van der Waals surface area contributed by atoms with Crippen molar-refractivity contribution in [3.63, 3.8) is 0 Å². The number of aliphatic imine (C=N–C) groups is 1. The maximum atomic E-state index is 13.6. The molecule has 2 fully saturated rings. The summed E-state index contributed by atoms with van der Waals surface area (Å²) in [5.74, 6) is 1.35. The summed E-state index contributed by atoms with van der Waals surface area (Å²) in [5, 5.41) is 19.1. The Balaban J connectivity index is 0.00000264. The Morgan fingerprint density at radius 1 is 0.957 bits per heavy atom. The lowest BCUT2D eigenvalue weighted by Crippen LogP contribution is -2.50. The molecular weight excluding hydrogens is 621 g/mol. The van der Waals surface area contributed by atoms with Crippen molar-refractivity contribution in [3.8, 4) is 11.5 Å². The fraction of sp³-hybridized carbons (Fsp3) is 0.571. The van der Waals surface area contributed by atoms with Crippen LogP contribution in [0.4, 0.5) is 5.69 Å². The van der Waals surface area contributed by atoms with Crippen molar-refractivity contribution < 1.29 is 24.5 Å². The van der Waals surface area contributed by atoms with E-state index in [1.54, 1.807) is 4.90 Å². The monoisotopic (exact) mass is 676 g/mol. The van der Waals surface area contributed by atoms with E-state index >= 15 is 0 Å². The van der Waals surface area contributed by atoms with Crippen molar-refractivity contribution in [3.05, 3.63) is 54.1 Å². The van der Waals surface area contributed by atoms with Crippen LogP contribution in [-0.4, -0.2) is 63.1 Å². The van der Waals surface area contributed by atoms with E-state index in [2.05, 4.69) is 4.90 Å². The molecule has 0 radical (unpaired) electrons. The second-order valence-corrected chi connectivity index (χ2v) is 12.0. The van der Waals surface area contributed by atoms with Gasteiger partial charge in [0.25, 0.3) is 0 Å². The molecule has 4 N–H and O–H groups in total. The van der Waals surface area contributed by atoms with E-state index in [1.165, 1.54) is 19.3 Å². The lowest BCUT2D eigenvalue weighted by molar-refractivity contribution is -0.143. The van der Waals surface area contributed by atoms with E-state index in [1.807, 2.05) is 48.5 Å². The number of nitrogens with two attached hydrogens (primary N) is 1. The second kappa shape index (κ2) is 19.7. The zero-order valence-corrected chi connectivity index (χ0v) is 27.4. The van der Waals surface area contributed by atoms with Gasteiger partial charge in [-0.15, -0.1) is 0 Å². The summed E-state index contributed by atoms with van der Waals surface area (Å²) in [4.78, 5) is 33.8. The van der Waals surface area contributed by atoms with Crippen molar-refractivity contribution in [2.75, 3.05) is 13.2 Å². The number of amides is 1. The molecule has 1 aliphatic heterocycles. The number of nitrogens with zero attached hydrogens (tertiary/aromatic N) is 3. The molecule has 0 saturated heterocycles. The number of fused-ring (bicyclic) bond motifs is 1. The van der Waals surface area contributed by atoms with Gasteiger partial charge in [0.2, 0.25) is 5.91 Å². The normalized spacial score (nSPS) is 19.8. The van der Waals surface area contributed by atoms with Gasteiger partial charge in [0.1, 0.15) is 11.5 Å². The molecule has 2 saturated carbocycles. The molecule has 11 heteroatoms. The van der Waals surface area contributed by atoms with E-state index in [0.717, 1.165) is 35.6 Å². The molecule has 3 aliphatic rings. The molecular formula is C35H56N4O5S2. The van der Waals surface area contributed by atoms with Crippen LogP contribution in [0.25, 0.3) is 0 Å². The van der Waals surface area contributed by atoms with Gasteiger partial charge in [-0.3, -0.25) is 9.59 Å². The average Bonchev–Trinajstić information content (AvgIpc) is 3.01. The predicted molar refractivity (Wildman–Crippen MR) is 196 cm³/mol. The van der Waals surface area contributed by atoms with E-state index in [4.69, 9.17) is 15.5 Å². The summed E-state index contributed by atoms with van der Waals surface area (Å²) in [6.45, 7) is 0.776. The summed E-state index contributed by atoms with van der Waals surface area (Å²) in [5.41, 5.74) is 8.48. The van der Waals surface area contributed by atoms with Crippen molar-refractivity contribution in [2.24, 2.45) is 22.6 Å². The minimum atomic E-state index is -0.759. The van der Waals surface area contributed by atoms with Crippen LogP contribution in [0.3, 0.4) is 0 Å². The first kappa shape index (κ1) is 41.1. The van der Waals surface area contributed by atoms with E-state index in [-0.39, 0.29) is 78.9 Å². The Kier molecular flexibility index (Phi) is 17.6. The lowest BCUT2D eigenvalue weighted by Gasteiger charge is -2.42. The number of hydrogen-bond acceptors (Lipinski definition) is 7. The molecule has 0 unspecified atom stereocenters. The highest BCUT2D eigenvalue weighted by molar-refractivity contribution is 7.59. The van der Waals surface area contributed by atoms with Crippen LogP contribution in [0.15, 0.2) is 53.5 Å². The maximum Gasteiger partial charge on any atom is 0.306 e. The molecule has 9 nitrogen and oxygen atoms in total. The number of para-hydroxylation sites is 1. The molecule has 0 spiro atoms. The molecule has 1 amide bonds. The fourth-order valence-electron chi connectivity index (χ4n) is 7.06. The lowest BCUT2D eigenvalue weighted by atomic mass is 9.81. The molecule has 2 aromatic carbocycles. The van der Waals surface area contributed by atoms with Gasteiger partial charge in [-0.1, -0.05) is 52.3 Å². The van der Waals surface area contributed by atoms with Crippen LogP contribution in [0.2, 0.25) is 0 Å². The molecule has 5 rings (SSSR count). The third-order valence-corrected chi connectivity index (χ3v) is 9.30. The minimum absolute atomic E-state index is 0. The molecule has 0 aromatic heterocycles. The van der Waals surface area contributed by atoms with Crippen molar-refractivity contribution in [1.29, 1.82) is 0 Å². The Bertz CT molecular complexity index is 1250. The standard InChI is InChI=1S/C33H44N4O5.2CH4.2H2S/c34-33-35-29-16-15-28(42-27-9-5-2-6-10-27)21-25(29)22-37(33)30(23-7-3-1-4-8-23)17-18-31(39)36(19-20-38)26-13-11-24(12-14-26)32(40)41;;;;/h2,5-6,9-10,15-16,21,23-24,26,30,38H,1,3-4,7-8,11-14,17-20,22H2,(H2,34,35)(H,40,41);2*1H4;2*1H2/t24?,26?,30-;;;;/m0..../s1. The van der Waals surface area contributed by atoms with Gasteiger partial charge in [-0.25, -0.2) is 4.99 Å². The number of carbonyl (C=O) groups excluding carboxylic acids is 1. The minimum Gasteiger partial charge on any atom is -0.481 e. The number of guanidine groups is 1. The molecule has 1 atom stereocenters. The Morgan fingerprint density at radius 2 is 1.63 bits per heavy atom. The summed E-state index contributed by atoms with van der Waals surface area (Å²) in [7, 11) is 0. The van der Waals surface area contributed by atoms with Crippen molar-refractivity contribution in [2.45, 2.75) is 104 Å². The highest BCUT2D eigenvalue weighted by atomic mass is 32.1. The Morgan fingerprint density at radius 3 is 2.26 bits per heavy atom. The van der Waals surface area contributed by atoms with Crippen LogP contribution in [0, 0.1) is 11.8 Å². The molecule has 2 aliphatic carbocycles. The zero-order chi connectivity index (χ0) is 29.5. The Hall–Kier alpha value is -2.89. The number of ether oxygens (including phenoxy) is 1. The smallest absolute Gasteiger partial charge is 0.306 e. The SMILES string of the molecule is C.C.NC1=Nc2ccc(Oc3ccccc3)cc2CN1[C@@H](CCC(=O)N(CCO)C1CCC(C(=O)O)CC1)C1CCCCC1.S.S. The zero-order valence-electron chi connectivity index (χ0n) is 25.4. The first-order chi connectivity index (χ1) is 20.4. The van der Waals surface area contributed by atoms with E-state index in [0.29, 0.717) is 56.9 Å². The van der Waals surface area contributed by atoms with Crippen LogP contribution in [-0.2, 0) is 16.1 Å². The van der Waals surface area contributed by atoms with Crippen molar-refractivity contribution >= 4 is 50.5 Å². The van der Waals surface area contributed by atoms with Gasteiger partial charge in [0.05, 0.1) is 18.2 Å². The number of aliphatic hydroxyl groups excluding tert-OH is 1. The van der Waals surface area contributed by atoms with Crippen LogP contribution in [0.1, 0.15) is 91.0 Å². The highest BCUT2D eigenvalue weighted by Crippen LogP contribution is 2.37. The summed E-state index contributed by atoms with van der Waals surface area (Å²) in [6.07, 6.45) is 9.25. The number of rotatable bonds is 11. The van der Waals surface area contributed by atoms with Gasteiger partial charge in [0, 0.05) is 37.2 Å². The number of aliphatic hydroxyl groups is 1. The number of hydrogen-bond donors (Lipinski definition) is 3. The fourth-order valence-corrected chi connectivity index (χ4v) is 7.06. The van der Waals surface area contributed by atoms with Crippen molar-refractivity contribution in [1.82, 2.24) is 9.80 Å². The highest BCUT2D eigenvalue weighted by Gasteiger charge is 2.35. The molecule has 258 valence electrons. The summed E-state index contributed by atoms with van der Waals surface area (Å²) in [6, 6.07) is 15.6. The number of carboxylic acid groups (broad SMARTS) is 1. The van der Waals surface area contributed by atoms with E-state index < -0.39 is 5.97 Å². The number of carboxylic acids is 1. The number of benzene rings is 2. The first-order valence-corrected chi connectivity index (χ1v) is 15.5. The van der Waals surface area contributed by atoms with Gasteiger partial charge < -0.3 is 30.5 Å². The van der Waals surface area contributed by atoms with Crippen LogP contribution in [0.5, 0.6) is 11.5 Å². The van der Waals surface area contributed by atoms with Gasteiger partial charge in [0.15, 0.2) is 5.96 Å². The van der Waals surface area contributed by atoms with Gasteiger partial charge in [-0.05, 0) is 81.2 Å². The third-order valence-electron chi connectivity index (χ3n) is 9.30. The molecule has 0 bridgehead atoms. The van der Waals surface area contributed by atoms with Gasteiger partial charge >= 0.3 is 5.97 Å². The molecule has 46 heavy (non-hydrogen) atoms. The third kappa shape index (κ3) is 10.3.